The summed E-state index contributed by atoms with van der Waals surface area (Å²) >= 11 is 1.52. The summed E-state index contributed by atoms with van der Waals surface area (Å²) in [4.78, 5) is 34.8. The molecule has 160 valence electrons. The first-order valence-electron chi connectivity index (χ1n) is 10.7. The first-order chi connectivity index (χ1) is 14.0. The molecule has 1 saturated carbocycles. The number of ether oxygens (including phenoxy) is 1. The SMILES string of the molecule is CC1CN(C(=O)CN2CCc3nc(NC(=O)NC4CCCC4)sc3C2)CC(C)O1. The molecule has 0 spiro atoms. The minimum Gasteiger partial charge on any atom is -0.372 e. The minimum atomic E-state index is -0.161. The van der Waals surface area contributed by atoms with Gasteiger partial charge in [0.1, 0.15) is 0 Å². The standard InChI is InChI=1S/C20H31N5O3S/c1-13-9-25(10-14(2)28-13)18(26)12-24-8-7-16-17(11-24)29-20(22-16)23-19(27)21-15-5-3-4-6-15/h13-15H,3-12H2,1-2H3,(H2,21,22,23,27). The quantitative estimate of drug-likeness (QED) is 0.778. The average Bonchev–Trinajstić information content (AvgIpc) is 3.29. The fourth-order valence-electron chi connectivity index (χ4n) is 4.50. The van der Waals surface area contributed by atoms with Gasteiger partial charge in [-0.3, -0.25) is 15.0 Å². The second kappa shape index (κ2) is 8.97. The van der Waals surface area contributed by atoms with Crippen molar-refractivity contribution < 1.29 is 14.3 Å². The number of hydrogen-bond acceptors (Lipinski definition) is 6. The number of morpholine rings is 1. The van der Waals surface area contributed by atoms with Crippen LogP contribution in [0.5, 0.6) is 0 Å². The third-order valence-electron chi connectivity index (χ3n) is 5.85. The van der Waals surface area contributed by atoms with Gasteiger partial charge in [-0.05, 0) is 26.7 Å². The molecular weight excluding hydrogens is 390 g/mol. The summed E-state index contributed by atoms with van der Waals surface area (Å²) < 4.78 is 5.73. The van der Waals surface area contributed by atoms with E-state index in [1.807, 2.05) is 18.7 Å². The topological polar surface area (TPSA) is 86.8 Å². The molecule has 9 heteroatoms. The predicted molar refractivity (Wildman–Crippen MR) is 112 cm³/mol. The molecule has 29 heavy (non-hydrogen) atoms. The van der Waals surface area contributed by atoms with Gasteiger partial charge in [-0.2, -0.15) is 0 Å². The van der Waals surface area contributed by atoms with Gasteiger partial charge in [0.2, 0.25) is 5.91 Å². The number of urea groups is 1. The summed E-state index contributed by atoms with van der Waals surface area (Å²) in [7, 11) is 0. The molecule has 2 unspecified atom stereocenters. The Labute approximate surface area is 176 Å². The Morgan fingerprint density at radius 2 is 1.93 bits per heavy atom. The molecule has 2 fully saturated rings. The molecule has 1 aromatic heterocycles. The van der Waals surface area contributed by atoms with Crippen LogP contribution in [0.15, 0.2) is 0 Å². The zero-order valence-corrected chi connectivity index (χ0v) is 18.1. The van der Waals surface area contributed by atoms with Crippen LogP contribution in [0.25, 0.3) is 0 Å². The molecule has 1 aromatic rings. The van der Waals surface area contributed by atoms with Gasteiger partial charge in [0, 0.05) is 43.5 Å². The highest BCUT2D eigenvalue weighted by Crippen LogP contribution is 2.28. The summed E-state index contributed by atoms with van der Waals surface area (Å²) in [6.45, 7) is 7.28. The van der Waals surface area contributed by atoms with E-state index in [0.29, 0.717) is 31.3 Å². The molecule has 1 saturated heterocycles. The lowest BCUT2D eigenvalue weighted by Crippen LogP contribution is -2.51. The number of amides is 3. The molecule has 3 heterocycles. The van der Waals surface area contributed by atoms with E-state index >= 15 is 0 Å². The van der Waals surface area contributed by atoms with Crippen molar-refractivity contribution in [2.75, 3.05) is 31.5 Å². The smallest absolute Gasteiger partial charge is 0.321 e. The maximum absolute atomic E-state index is 12.7. The molecule has 1 aliphatic carbocycles. The highest BCUT2D eigenvalue weighted by molar-refractivity contribution is 7.15. The first-order valence-corrected chi connectivity index (χ1v) is 11.5. The molecule has 3 amide bonds. The van der Waals surface area contributed by atoms with Gasteiger partial charge in [-0.25, -0.2) is 9.78 Å². The summed E-state index contributed by atoms with van der Waals surface area (Å²) in [5, 5.41) is 6.57. The lowest BCUT2D eigenvalue weighted by molar-refractivity contribution is -0.144. The Morgan fingerprint density at radius 3 is 2.66 bits per heavy atom. The Balaban J connectivity index is 1.29. The summed E-state index contributed by atoms with van der Waals surface area (Å²) in [5.41, 5.74) is 1.04. The van der Waals surface area contributed by atoms with Crippen LogP contribution in [0, 0.1) is 0 Å². The molecule has 8 nitrogen and oxygen atoms in total. The van der Waals surface area contributed by atoms with Gasteiger partial charge in [0.15, 0.2) is 5.13 Å². The lowest BCUT2D eigenvalue weighted by Gasteiger charge is -2.36. The number of aromatic nitrogens is 1. The van der Waals surface area contributed by atoms with E-state index in [4.69, 9.17) is 4.74 Å². The number of rotatable bonds is 4. The number of fused-ring (bicyclic) bond motifs is 1. The maximum atomic E-state index is 12.7. The Kier molecular flexibility index (Phi) is 6.36. The monoisotopic (exact) mass is 421 g/mol. The third-order valence-corrected chi connectivity index (χ3v) is 6.85. The summed E-state index contributed by atoms with van der Waals surface area (Å²) in [6, 6.07) is 0.127. The second-order valence-electron chi connectivity index (χ2n) is 8.49. The number of nitrogens with zero attached hydrogens (tertiary/aromatic N) is 3. The zero-order chi connectivity index (χ0) is 20.4. The summed E-state index contributed by atoms with van der Waals surface area (Å²) in [5.74, 6) is 0.161. The van der Waals surface area contributed by atoms with Crippen LogP contribution in [-0.4, -0.2) is 71.2 Å². The van der Waals surface area contributed by atoms with Crippen LogP contribution < -0.4 is 10.6 Å². The van der Waals surface area contributed by atoms with Crippen LogP contribution in [0.1, 0.15) is 50.1 Å². The molecule has 2 atom stereocenters. The van der Waals surface area contributed by atoms with Gasteiger partial charge in [-0.1, -0.05) is 12.8 Å². The van der Waals surface area contributed by atoms with Crippen molar-refractivity contribution in [2.24, 2.45) is 0 Å². The Hall–Kier alpha value is -1.71. The highest BCUT2D eigenvalue weighted by Gasteiger charge is 2.29. The number of carbonyl (C=O) groups is 2. The van der Waals surface area contributed by atoms with Gasteiger partial charge >= 0.3 is 6.03 Å². The van der Waals surface area contributed by atoms with Crippen LogP contribution in [0.2, 0.25) is 0 Å². The molecule has 2 aliphatic heterocycles. The maximum Gasteiger partial charge on any atom is 0.321 e. The van der Waals surface area contributed by atoms with Crippen molar-refractivity contribution in [2.45, 2.75) is 70.7 Å². The number of thiazole rings is 1. The van der Waals surface area contributed by atoms with Gasteiger partial charge in [0.25, 0.3) is 0 Å². The van der Waals surface area contributed by atoms with E-state index in [0.717, 1.165) is 36.4 Å². The van der Waals surface area contributed by atoms with E-state index in [-0.39, 0.29) is 30.2 Å². The Bertz CT molecular complexity index is 738. The first kappa shape index (κ1) is 20.6. The van der Waals surface area contributed by atoms with Crippen LogP contribution >= 0.6 is 11.3 Å². The largest absolute Gasteiger partial charge is 0.372 e. The van der Waals surface area contributed by atoms with E-state index in [1.54, 1.807) is 0 Å². The van der Waals surface area contributed by atoms with Crippen molar-refractivity contribution in [3.8, 4) is 0 Å². The van der Waals surface area contributed by atoms with Crippen LogP contribution in [0.4, 0.5) is 9.93 Å². The molecule has 2 N–H and O–H groups in total. The van der Waals surface area contributed by atoms with Gasteiger partial charge in [-0.15, -0.1) is 11.3 Å². The number of anilines is 1. The normalized spacial score (nSPS) is 25.7. The fraction of sp³-hybridized carbons (Fsp3) is 0.750. The number of nitrogens with one attached hydrogen (secondary N) is 2. The number of hydrogen-bond donors (Lipinski definition) is 2. The molecule has 0 aromatic carbocycles. The van der Waals surface area contributed by atoms with E-state index < -0.39 is 0 Å². The second-order valence-corrected chi connectivity index (χ2v) is 9.57. The van der Waals surface area contributed by atoms with Crippen molar-refractivity contribution >= 4 is 28.4 Å². The number of carbonyl (C=O) groups excluding carboxylic acids is 2. The van der Waals surface area contributed by atoms with Crippen LogP contribution in [-0.2, 0) is 22.5 Å². The predicted octanol–water partition coefficient (Wildman–Crippen LogP) is 2.20. The van der Waals surface area contributed by atoms with Crippen molar-refractivity contribution in [3.63, 3.8) is 0 Å². The molecule has 0 bridgehead atoms. The van der Waals surface area contributed by atoms with E-state index in [1.165, 1.54) is 24.2 Å². The lowest BCUT2D eigenvalue weighted by atomic mass is 10.1. The van der Waals surface area contributed by atoms with Crippen molar-refractivity contribution in [3.05, 3.63) is 10.6 Å². The molecule has 4 rings (SSSR count). The molecule has 0 radical (unpaired) electrons. The van der Waals surface area contributed by atoms with E-state index in [9.17, 15) is 9.59 Å². The van der Waals surface area contributed by atoms with Crippen LogP contribution in [0.3, 0.4) is 0 Å². The zero-order valence-electron chi connectivity index (χ0n) is 17.3. The molecular formula is C20H31N5O3S. The van der Waals surface area contributed by atoms with Gasteiger partial charge < -0.3 is 15.0 Å². The highest BCUT2D eigenvalue weighted by atomic mass is 32.1. The fourth-order valence-corrected chi connectivity index (χ4v) is 5.54. The van der Waals surface area contributed by atoms with Crippen molar-refractivity contribution in [1.82, 2.24) is 20.1 Å². The van der Waals surface area contributed by atoms with Gasteiger partial charge in [0.05, 0.1) is 24.4 Å². The third kappa shape index (κ3) is 5.26. The Morgan fingerprint density at radius 1 is 1.21 bits per heavy atom. The average molecular weight is 422 g/mol. The van der Waals surface area contributed by atoms with Crippen molar-refractivity contribution in [1.29, 1.82) is 0 Å². The summed E-state index contributed by atoms with van der Waals surface area (Å²) in [6.07, 6.45) is 5.47. The molecule has 3 aliphatic rings. The minimum absolute atomic E-state index is 0.0844. The van der Waals surface area contributed by atoms with E-state index in [2.05, 4.69) is 20.5 Å².